The Morgan fingerprint density at radius 2 is 1.61 bits per heavy atom. The zero-order chi connectivity index (χ0) is 25.9. The van der Waals surface area contributed by atoms with Gasteiger partial charge >= 0.3 is 6.03 Å². The highest BCUT2D eigenvalue weighted by atomic mass is 35.5. The first-order valence-corrected chi connectivity index (χ1v) is 12.8. The molecule has 1 aliphatic rings. The van der Waals surface area contributed by atoms with Gasteiger partial charge in [-0.1, -0.05) is 29.8 Å². The Balaban J connectivity index is 1.15. The fourth-order valence-electron chi connectivity index (χ4n) is 4.60. The molecule has 2 amide bonds. The number of carbonyl (C=O) groups excluding carboxylic acids is 1. The minimum absolute atomic E-state index is 0.335. The molecule has 190 valence electrons. The first-order valence-electron chi connectivity index (χ1n) is 12.5. The monoisotopic (exact) mass is 523 g/mol. The number of benzene rings is 2. The third kappa shape index (κ3) is 5.18. The molecule has 3 N–H and O–H groups in total. The number of hydrogen-bond donors (Lipinski definition) is 3. The summed E-state index contributed by atoms with van der Waals surface area (Å²) in [5.41, 5.74) is 6.25. The van der Waals surface area contributed by atoms with Crippen molar-refractivity contribution in [3.05, 3.63) is 96.4 Å². The predicted octanol–water partition coefficient (Wildman–Crippen LogP) is 5.77. The fourth-order valence-corrected chi connectivity index (χ4v) is 4.79. The van der Waals surface area contributed by atoms with Crippen molar-refractivity contribution in [1.82, 2.24) is 19.7 Å². The molecule has 1 fully saturated rings. The average molecular weight is 524 g/mol. The molecule has 0 radical (unpaired) electrons. The van der Waals surface area contributed by atoms with E-state index in [1.54, 1.807) is 24.3 Å². The van der Waals surface area contributed by atoms with Crippen LogP contribution in [0.2, 0.25) is 5.02 Å². The molecule has 1 saturated heterocycles. The molecule has 5 aromatic rings. The Morgan fingerprint density at radius 1 is 0.816 bits per heavy atom. The van der Waals surface area contributed by atoms with Crippen LogP contribution in [-0.4, -0.2) is 46.6 Å². The Bertz CT molecular complexity index is 1580. The second-order valence-corrected chi connectivity index (χ2v) is 9.53. The van der Waals surface area contributed by atoms with Crippen LogP contribution in [0.15, 0.2) is 91.4 Å². The van der Waals surface area contributed by atoms with E-state index >= 15 is 0 Å². The van der Waals surface area contributed by atoms with Gasteiger partial charge in [-0.2, -0.15) is 0 Å². The van der Waals surface area contributed by atoms with Gasteiger partial charge in [0.05, 0.1) is 11.9 Å². The third-order valence-electron chi connectivity index (χ3n) is 6.56. The Morgan fingerprint density at radius 3 is 2.37 bits per heavy atom. The maximum Gasteiger partial charge on any atom is 0.323 e. The molecule has 1 aliphatic heterocycles. The molecule has 2 aromatic carbocycles. The van der Waals surface area contributed by atoms with Crippen molar-refractivity contribution in [2.45, 2.75) is 0 Å². The maximum absolute atomic E-state index is 12.3. The van der Waals surface area contributed by atoms with E-state index in [1.807, 2.05) is 42.9 Å². The number of imidazole rings is 1. The lowest BCUT2D eigenvalue weighted by Gasteiger charge is -2.28. The lowest BCUT2D eigenvalue weighted by Crippen LogP contribution is -2.43. The number of fused-ring (bicyclic) bond motifs is 1. The van der Waals surface area contributed by atoms with Crippen molar-refractivity contribution >= 4 is 40.5 Å². The highest BCUT2D eigenvalue weighted by Crippen LogP contribution is 2.27. The van der Waals surface area contributed by atoms with Crippen molar-refractivity contribution in [2.75, 3.05) is 41.7 Å². The highest BCUT2D eigenvalue weighted by Gasteiger charge is 2.13. The summed E-state index contributed by atoms with van der Waals surface area (Å²) in [4.78, 5) is 24.0. The summed E-state index contributed by atoms with van der Waals surface area (Å²) in [6.45, 7) is 3.92. The lowest BCUT2D eigenvalue weighted by atomic mass is 10.1. The summed E-state index contributed by atoms with van der Waals surface area (Å²) >= 11 is 5.98. The number of aromatic nitrogens is 3. The number of urea groups is 1. The van der Waals surface area contributed by atoms with Gasteiger partial charge in [0.1, 0.15) is 11.5 Å². The molecule has 0 bridgehead atoms. The van der Waals surface area contributed by atoms with Crippen LogP contribution in [0.25, 0.3) is 28.0 Å². The number of carbonyl (C=O) groups is 1. The van der Waals surface area contributed by atoms with Crippen LogP contribution in [0.4, 0.5) is 22.0 Å². The molecule has 0 unspecified atom stereocenters. The fraction of sp³-hybridized carbons (Fsp3) is 0.138. The standard InChI is InChI=1S/C29H26ClN7O/c30-23-2-1-3-25(17-23)35-29(38)34-24-7-4-20(5-8-24)26-19-33-28-16-21(10-13-37(26)28)22-6-9-27(32-18-22)36-14-11-31-12-15-36/h1-10,13,16-19,31H,11-12,14-15H2,(H2,34,35,38). The number of rotatable bonds is 5. The van der Waals surface area contributed by atoms with Crippen LogP contribution >= 0.6 is 11.6 Å². The number of anilines is 3. The molecule has 0 atom stereocenters. The first kappa shape index (κ1) is 24.0. The highest BCUT2D eigenvalue weighted by molar-refractivity contribution is 6.30. The Labute approximate surface area is 225 Å². The van der Waals surface area contributed by atoms with E-state index in [0.717, 1.165) is 60.0 Å². The van der Waals surface area contributed by atoms with Crippen LogP contribution in [0, 0.1) is 0 Å². The van der Waals surface area contributed by atoms with Crippen molar-refractivity contribution in [3.63, 3.8) is 0 Å². The van der Waals surface area contributed by atoms with Gasteiger partial charge in [0, 0.05) is 66.1 Å². The molecule has 0 aliphatic carbocycles. The van der Waals surface area contributed by atoms with Crippen molar-refractivity contribution < 1.29 is 4.79 Å². The van der Waals surface area contributed by atoms with E-state index in [4.69, 9.17) is 16.6 Å². The summed E-state index contributed by atoms with van der Waals surface area (Å²) in [7, 11) is 0. The third-order valence-corrected chi connectivity index (χ3v) is 6.79. The van der Waals surface area contributed by atoms with Gasteiger partial charge < -0.3 is 20.9 Å². The molecular formula is C29H26ClN7O. The average Bonchev–Trinajstić information content (AvgIpc) is 3.37. The maximum atomic E-state index is 12.3. The van der Waals surface area contributed by atoms with E-state index in [-0.39, 0.29) is 6.03 Å². The summed E-state index contributed by atoms with van der Waals surface area (Å²) in [6, 6.07) is 22.7. The number of amides is 2. The molecular weight excluding hydrogens is 498 g/mol. The normalized spacial score (nSPS) is 13.4. The number of hydrogen-bond acceptors (Lipinski definition) is 5. The van der Waals surface area contributed by atoms with Crippen LogP contribution in [-0.2, 0) is 0 Å². The molecule has 38 heavy (non-hydrogen) atoms. The molecule has 0 saturated carbocycles. The van der Waals surface area contributed by atoms with E-state index in [0.29, 0.717) is 16.4 Å². The van der Waals surface area contributed by atoms with Crippen molar-refractivity contribution in [1.29, 1.82) is 0 Å². The Kier molecular flexibility index (Phi) is 6.64. The topological polar surface area (TPSA) is 86.6 Å². The number of nitrogens with zero attached hydrogens (tertiary/aromatic N) is 4. The summed E-state index contributed by atoms with van der Waals surface area (Å²) in [5.74, 6) is 1.01. The molecule has 6 rings (SSSR count). The molecule has 0 spiro atoms. The number of pyridine rings is 2. The molecule has 3 aromatic heterocycles. The largest absolute Gasteiger partial charge is 0.354 e. The molecule has 4 heterocycles. The zero-order valence-corrected chi connectivity index (χ0v) is 21.3. The number of halogens is 1. The molecule has 9 heteroatoms. The van der Waals surface area contributed by atoms with Gasteiger partial charge in [-0.25, -0.2) is 14.8 Å². The number of piperazine rings is 1. The molecule has 8 nitrogen and oxygen atoms in total. The quantitative estimate of drug-likeness (QED) is 0.272. The second kappa shape index (κ2) is 10.5. The minimum atomic E-state index is -0.335. The van der Waals surface area contributed by atoms with E-state index < -0.39 is 0 Å². The van der Waals surface area contributed by atoms with Gasteiger partial charge in [0.15, 0.2) is 0 Å². The Hall–Kier alpha value is -4.40. The van der Waals surface area contributed by atoms with Crippen LogP contribution in [0.5, 0.6) is 0 Å². The summed E-state index contributed by atoms with van der Waals surface area (Å²) < 4.78 is 2.06. The minimum Gasteiger partial charge on any atom is -0.354 e. The van der Waals surface area contributed by atoms with Gasteiger partial charge in [-0.3, -0.25) is 4.40 Å². The van der Waals surface area contributed by atoms with Gasteiger partial charge in [0.25, 0.3) is 0 Å². The summed E-state index contributed by atoms with van der Waals surface area (Å²) in [5, 5.41) is 9.55. The zero-order valence-electron chi connectivity index (χ0n) is 20.6. The van der Waals surface area contributed by atoms with Crippen LogP contribution < -0.4 is 20.9 Å². The SMILES string of the molecule is O=C(Nc1ccc(-c2cnc3cc(-c4ccc(N5CCNCC5)nc4)ccn23)cc1)Nc1cccc(Cl)c1. The van der Waals surface area contributed by atoms with Crippen LogP contribution in [0.3, 0.4) is 0 Å². The number of nitrogens with one attached hydrogen (secondary N) is 3. The van der Waals surface area contributed by atoms with Gasteiger partial charge in [0.2, 0.25) is 0 Å². The van der Waals surface area contributed by atoms with Crippen molar-refractivity contribution in [3.8, 4) is 22.4 Å². The smallest absolute Gasteiger partial charge is 0.323 e. The van der Waals surface area contributed by atoms with Gasteiger partial charge in [-0.05, 0) is 60.2 Å². The first-order chi connectivity index (χ1) is 18.6. The van der Waals surface area contributed by atoms with Crippen molar-refractivity contribution in [2.24, 2.45) is 0 Å². The van der Waals surface area contributed by atoms with E-state index in [2.05, 4.69) is 54.5 Å². The van der Waals surface area contributed by atoms with E-state index in [1.165, 1.54) is 0 Å². The van der Waals surface area contributed by atoms with Gasteiger partial charge in [-0.15, -0.1) is 0 Å². The lowest BCUT2D eigenvalue weighted by molar-refractivity contribution is 0.262. The van der Waals surface area contributed by atoms with E-state index in [9.17, 15) is 4.79 Å². The predicted molar refractivity (Wildman–Crippen MR) is 153 cm³/mol. The second-order valence-electron chi connectivity index (χ2n) is 9.10. The summed E-state index contributed by atoms with van der Waals surface area (Å²) in [6.07, 6.45) is 5.82. The van der Waals surface area contributed by atoms with Crippen LogP contribution in [0.1, 0.15) is 0 Å².